The molecule has 14 heteroatoms. The molecule has 1 heterocycles. The maximum atomic E-state index is 13.4. The van der Waals surface area contributed by atoms with Crippen molar-refractivity contribution >= 4 is 51.7 Å². The van der Waals surface area contributed by atoms with E-state index in [0.717, 1.165) is 13.0 Å². The number of hydrogen-bond donors (Lipinski definition) is 3. The normalized spacial score (nSPS) is 13.8. The van der Waals surface area contributed by atoms with E-state index in [1.165, 1.54) is 17.8 Å². The van der Waals surface area contributed by atoms with Gasteiger partial charge in [0.25, 0.3) is 5.91 Å². The van der Waals surface area contributed by atoms with Gasteiger partial charge in [-0.2, -0.15) is 13.2 Å². The number of nitrogens with zero attached hydrogens (tertiary/aromatic N) is 1. The predicted octanol–water partition coefficient (Wildman–Crippen LogP) is 4.39. The van der Waals surface area contributed by atoms with Crippen molar-refractivity contribution in [2.24, 2.45) is 7.05 Å². The van der Waals surface area contributed by atoms with Gasteiger partial charge in [0.15, 0.2) is 22.8 Å². The molecular weight excluding hydrogens is 466 g/mol. The van der Waals surface area contributed by atoms with Crippen LogP contribution in [0.5, 0.6) is 0 Å². The minimum atomic E-state index is -4.62. The second-order valence-electron chi connectivity index (χ2n) is 5.78. The third kappa shape index (κ3) is 5.59. The van der Waals surface area contributed by atoms with Crippen LogP contribution in [0.2, 0.25) is 10.0 Å². The number of carbonyl (C=O) groups is 1. The first-order valence-electron chi connectivity index (χ1n) is 7.63. The molecule has 2 atom stereocenters. The van der Waals surface area contributed by atoms with Crippen molar-refractivity contribution in [1.29, 1.82) is 0 Å². The molecule has 0 aliphatic rings. The molecular formula is C15H13Cl2F5N4O2S. The number of alkyl halides is 3. The zero-order valence-corrected chi connectivity index (χ0v) is 17.0. The predicted molar refractivity (Wildman–Crippen MR) is 100 cm³/mol. The fraction of sp³-hybridized carbons (Fsp3) is 0.267. The molecule has 160 valence electrons. The van der Waals surface area contributed by atoms with E-state index in [-0.39, 0.29) is 22.1 Å². The van der Waals surface area contributed by atoms with Gasteiger partial charge in [-0.05, 0) is 13.0 Å². The highest BCUT2D eigenvalue weighted by atomic mass is 35.5. The Labute approximate surface area is 174 Å². The van der Waals surface area contributed by atoms with Crippen LogP contribution in [0.25, 0.3) is 0 Å². The van der Waals surface area contributed by atoms with Crippen molar-refractivity contribution < 1.29 is 31.0 Å². The first kappa shape index (κ1) is 23.4. The molecule has 2 rings (SSSR count). The number of rotatable bonds is 6. The zero-order chi connectivity index (χ0) is 22.1. The number of aromatic nitrogens is 1. The molecule has 0 bridgehead atoms. The average molecular weight is 479 g/mol. The van der Waals surface area contributed by atoms with E-state index in [2.05, 4.69) is 10.0 Å². The molecule has 0 spiro atoms. The lowest BCUT2D eigenvalue weighted by Crippen LogP contribution is -2.42. The van der Waals surface area contributed by atoms with Gasteiger partial charge in [-0.15, -0.1) is 0 Å². The number of carbonyl (C=O) groups excluding carboxylic acids is 1. The molecule has 1 aromatic carbocycles. The molecule has 0 aliphatic heterocycles. The van der Waals surface area contributed by atoms with Crippen LogP contribution in [-0.2, 0) is 18.2 Å². The van der Waals surface area contributed by atoms with Gasteiger partial charge in [-0.3, -0.25) is 9.52 Å². The summed E-state index contributed by atoms with van der Waals surface area (Å²) in [5.41, 5.74) is -0.436. The van der Waals surface area contributed by atoms with Crippen molar-refractivity contribution in [3.63, 3.8) is 0 Å². The van der Waals surface area contributed by atoms with E-state index >= 15 is 0 Å². The molecule has 1 aromatic heterocycles. The summed E-state index contributed by atoms with van der Waals surface area (Å²) in [7, 11) is 1.39. The Morgan fingerprint density at radius 3 is 2.41 bits per heavy atom. The molecule has 6 nitrogen and oxygen atoms in total. The van der Waals surface area contributed by atoms with E-state index in [4.69, 9.17) is 23.2 Å². The number of benzene rings is 1. The number of amides is 1. The summed E-state index contributed by atoms with van der Waals surface area (Å²) < 4.78 is 81.3. The first-order chi connectivity index (χ1) is 13.3. The van der Waals surface area contributed by atoms with Gasteiger partial charge in [0, 0.05) is 25.0 Å². The summed E-state index contributed by atoms with van der Waals surface area (Å²) >= 11 is 9.21. The molecule has 2 unspecified atom stereocenters. The van der Waals surface area contributed by atoms with E-state index in [1.807, 2.05) is 0 Å². The summed E-state index contributed by atoms with van der Waals surface area (Å²) in [6.07, 6.45) is -3.40. The molecule has 2 aromatic rings. The van der Waals surface area contributed by atoms with Crippen LogP contribution in [0, 0.1) is 11.6 Å². The molecule has 0 saturated heterocycles. The smallest absolute Gasteiger partial charge is 0.343 e. The number of hydrogen-bond acceptors (Lipinski definition) is 2. The van der Waals surface area contributed by atoms with Gasteiger partial charge in [0.05, 0.1) is 15.7 Å². The van der Waals surface area contributed by atoms with Gasteiger partial charge in [-0.1, -0.05) is 23.2 Å². The van der Waals surface area contributed by atoms with Crippen LogP contribution in [-0.4, -0.2) is 26.9 Å². The maximum absolute atomic E-state index is 13.4. The Bertz CT molecular complexity index is 944. The van der Waals surface area contributed by atoms with Gasteiger partial charge in [0.1, 0.15) is 11.7 Å². The lowest BCUT2D eigenvalue weighted by molar-refractivity contribution is -0.146. The van der Waals surface area contributed by atoms with Gasteiger partial charge in [-0.25, -0.2) is 17.7 Å². The largest absolute Gasteiger partial charge is 0.404 e. The molecule has 0 fully saturated rings. The van der Waals surface area contributed by atoms with Crippen molar-refractivity contribution in [2.75, 3.05) is 10.0 Å². The van der Waals surface area contributed by atoms with Crippen LogP contribution in [0.1, 0.15) is 17.4 Å². The van der Waals surface area contributed by atoms with Gasteiger partial charge < -0.3 is 9.88 Å². The van der Waals surface area contributed by atoms with Crippen LogP contribution < -0.4 is 14.8 Å². The second-order valence-corrected chi connectivity index (χ2v) is 7.54. The van der Waals surface area contributed by atoms with Crippen molar-refractivity contribution in [3.05, 3.63) is 45.7 Å². The highest BCUT2D eigenvalue weighted by Gasteiger charge is 2.37. The van der Waals surface area contributed by atoms with Crippen molar-refractivity contribution in [1.82, 2.24) is 9.29 Å². The zero-order valence-electron chi connectivity index (χ0n) is 14.6. The third-order valence-corrected chi connectivity index (χ3v) is 5.18. The van der Waals surface area contributed by atoms with Crippen LogP contribution in [0.3, 0.4) is 0 Å². The van der Waals surface area contributed by atoms with Gasteiger partial charge >= 0.3 is 6.18 Å². The van der Waals surface area contributed by atoms with E-state index in [9.17, 15) is 31.0 Å². The van der Waals surface area contributed by atoms with Crippen LogP contribution in [0.4, 0.5) is 33.3 Å². The average Bonchev–Trinajstić information content (AvgIpc) is 2.85. The topological polar surface area (TPSA) is 75.2 Å². The Morgan fingerprint density at radius 2 is 1.86 bits per heavy atom. The molecule has 1 amide bonds. The number of aryl methyl sites for hydroxylation is 1. The molecule has 29 heavy (non-hydrogen) atoms. The van der Waals surface area contributed by atoms with E-state index in [0.29, 0.717) is 6.07 Å². The standard InChI is InChI=1S/C15H13Cl2F5N4O2S/c1-6(15(20,21)22)24-29(28)25-10-5-26(2)13(11(10)17)14(27)23-7-3-8(16)12(19)9(18)4-7/h3-6,24-25H,1-2H3,(H,23,27). The number of anilines is 2. The molecule has 0 radical (unpaired) electrons. The maximum Gasteiger partial charge on any atom is 0.404 e. The van der Waals surface area contributed by atoms with Crippen LogP contribution >= 0.6 is 23.2 Å². The van der Waals surface area contributed by atoms with Crippen molar-refractivity contribution in [2.45, 2.75) is 19.1 Å². The Morgan fingerprint density at radius 1 is 1.24 bits per heavy atom. The number of nitrogens with one attached hydrogen (secondary N) is 3. The minimum absolute atomic E-state index is 0.0946. The van der Waals surface area contributed by atoms with E-state index < -0.39 is 46.0 Å². The quantitative estimate of drug-likeness (QED) is 0.425. The lowest BCUT2D eigenvalue weighted by Gasteiger charge is -2.16. The van der Waals surface area contributed by atoms with Gasteiger partial charge in [0.2, 0.25) is 0 Å². The fourth-order valence-corrected chi connectivity index (χ4v) is 3.55. The summed E-state index contributed by atoms with van der Waals surface area (Å²) in [5, 5.41) is 1.45. The van der Waals surface area contributed by atoms with E-state index in [1.54, 1.807) is 4.72 Å². The Balaban J connectivity index is 2.18. The molecule has 0 aliphatic carbocycles. The highest BCUT2D eigenvalue weighted by Crippen LogP contribution is 2.30. The third-order valence-electron chi connectivity index (χ3n) is 3.55. The number of halogens is 7. The van der Waals surface area contributed by atoms with Crippen LogP contribution in [0.15, 0.2) is 18.3 Å². The summed E-state index contributed by atoms with van der Waals surface area (Å²) in [5.74, 6) is -3.42. The summed E-state index contributed by atoms with van der Waals surface area (Å²) in [6.45, 7) is 0.776. The second kappa shape index (κ2) is 8.86. The fourth-order valence-electron chi connectivity index (χ4n) is 2.10. The Kier molecular flexibility index (Phi) is 7.14. The first-order valence-corrected chi connectivity index (χ1v) is 9.53. The monoisotopic (exact) mass is 478 g/mol. The lowest BCUT2D eigenvalue weighted by atomic mass is 10.2. The molecule has 3 N–H and O–H groups in total. The highest BCUT2D eigenvalue weighted by molar-refractivity contribution is 7.84. The summed E-state index contributed by atoms with van der Waals surface area (Å²) in [6, 6.07) is -0.392. The SMILES string of the molecule is CC(NS(=O)Nc1cn(C)c(C(=O)Nc2cc(F)c(F)c(Cl)c2)c1Cl)C(F)(F)F. The van der Waals surface area contributed by atoms with Crippen molar-refractivity contribution in [3.8, 4) is 0 Å². The molecule has 0 saturated carbocycles. The minimum Gasteiger partial charge on any atom is -0.343 e. The Hall–Kier alpha value is -1.89. The summed E-state index contributed by atoms with van der Waals surface area (Å²) in [4.78, 5) is 12.4.